The van der Waals surface area contributed by atoms with Gasteiger partial charge in [-0.25, -0.2) is 4.79 Å². The SMILES string of the molecule is COc1ccc(CN=Nc2ccccc2C(=O)O)cc1OC1CCCC1. The van der Waals surface area contributed by atoms with E-state index < -0.39 is 5.97 Å². The molecule has 0 heterocycles. The summed E-state index contributed by atoms with van der Waals surface area (Å²) in [4.78, 5) is 11.2. The first-order valence-corrected chi connectivity index (χ1v) is 8.71. The third-order valence-electron chi connectivity index (χ3n) is 4.39. The standard InChI is InChI=1S/C20H22N2O4/c1-25-18-11-10-14(12-19(18)26-15-6-2-3-7-15)13-21-22-17-9-5-4-8-16(17)20(23)24/h4-5,8-12,15H,2-3,6-7,13H2,1H3,(H,23,24). The molecule has 2 aromatic rings. The zero-order valence-electron chi connectivity index (χ0n) is 14.7. The molecule has 2 aromatic carbocycles. The van der Waals surface area contributed by atoms with E-state index in [1.807, 2.05) is 18.2 Å². The molecule has 0 atom stereocenters. The van der Waals surface area contributed by atoms with Crippen molar-refractivity contribution in [2.45, 2.75) is 38.3 Å². The van der Waals surface area contributed by atoms with E-state index in [-0.39, 0.29) is 11.7 Å². The van der Waals surface area contributed by atoms with E-state index in [1.165, 1.54) is 18.9 Å². The number of hydrogen-bond acceptors (Lipinski definition) is 5. The summed E-state index contributed by atoms with van der Waals surface area (Å²) in [7, 11) is 1.62. The molecule has 136 valence electrons. The molecule has 0 unspecified atom stereocenters. The van der Waals surface area contributed by atoms with Gasteiger partial charge < -0.3 is 14.6 Å². The van der Waals surface area contributed by atoms with Crippen molar-refractivity contribution in [1.82, 2.24) is 0 Å². The van der Waals surface area contributed by atoms with Gasteiger partial charge in [-0.2, -0.15) is 10.2 Å². The van der Waals surface area contributed by atoms with Gasteiger partial charge in [0.1, 0.15) is 0 Å². The molecule has 1 N–H and O–H groups in total. The van der Waals surface area contributed by atoms with Crippen LogP contribution in [0, 0.1) is 0 Å². The number of benzene rings is 2. The van der Waals surface area contributed by atoms with Crippen LogP contribution < -0.4 is 9.47 Å². The molecule has 1 aliphatic rings. The average molecular weight is 354 g/mol. The zero-order valence-corrected chi connectivity index (χ0v) is 14.7. The number of carboxylic acid groups (broad SMARTS) is 1. The fourth-order valence-corrected chi connectivity index (χ4v) is 3.03. The van der Waals surface area contributed by atoms with Gasteiger partial charge in [-0.15, -0.1) is 0 Å². The van der Waals surface area contributed by atoms with Gasteiger partial charge in [-0.1, -0.05) is 18.2 Å². The van der Waals surface area contributed by atoms with E-state index in [9.17, 15) is 9.90 Å². The van der Waals surface area contributed by atoms with Gasteiger partial charge in [0.25, 0.3) is 0 Å². The van der Waals surface area contributed by atoms with Crippen molar-refractivity contribution in [3.63, 3.8) is 0 Å². The topological polar surface area (TPSA) is 80.5 Å². The maximum absolute atomic E-state index is 11.2. The van der Waals surface area contributed by atoms with Crippen LogP contribution in [0.1, 0.15) is 41.6 Å². The number of rotatable bonds is 7. The Bertz CT molecular complexity index is 798. The van der Waals surface area contributed by atoms with Crippen LogP contribution in [0.3, 0.4) is 0 Å². The van der Waals surface area contributed by atoms with Crippen LogP contribution in [-0.2, 0) is 6.54 Å². The quantitative estimate of drug-likeness (QED) is 0.710. The lowest BCUT2D eigenvalue weighted by atomic mass is 10.2. The Labute approximate surface area is 152 Å². The van der Waals surface area contributed by atoms with Crippen LogP contribution in [0.25, 0.3) is 0 Å². The van der Waals surface area contributed by atoms with Gasteiger partial charge in [-0.05, 0) is 55.5 Å². The second-order valence-corrected chi connectivity index (χ2v) is 6.23. The molecule has 3 rings (SSSR count). The van der Waals surface area contributed by atoms with Gasteiger partial charge in [-0.3, -0.25) is 0 Å². The number of hydrogen-bond donors (Lipinski definition) is 1. The molecular weight excluding hydrogens is 332 g/mol. The van der Waals surface area contributed by atoms with Gasteiger partial charge in [0, 0.05) is 0 Å². The van der Waals surface area contributed by atoms with Crippen LogP contribution in [0.5, 0.6) is 11.5 Å². The van der Waals surface area contributed by atoms with Crippen LogP contribution in [0.4, 0.5) is 5.69 Å². The minimum absolute atomic E-state index is 0.135. The normalized spacial score (nSPS) is 14.7. The molecule has 0 amide bonds. The summed E-state index contributed by atoms with van der Waals surface area (Å²) in [6, 6.07) is 12.2. The van der Waals surface area contributed by atoms with Crippen molar-refractivity contribution in [2.75, 3.05) is 7.11 Å². The van der Waals surface area contributed by atoms with Gasteiger partial charge >= 0.3 is 5.97 Å². The van der Waals surface area contributed by atoms with E-state index >= 15 is 0 Å². The molecule has 1 saturated carbocycles. The fraction of sp³-hybridized carbons (Fsp3) is 0.350. The van der Waals surface area contributed by atoms with E-state index in [0.717, 1.165) is 24.2 Å². The first kappa shape index (κ1) is 17.9. The number of ether oxygens (including phenoxy) is 2. The molecule has 26 heavy (non-hydrogen) atoms. The third-order valence-corrected chi connectivity index (χ3v) is 4.39. The summed E-state index contributed by atoms with van der Waals surface area (Å²) >= 11 is 0. The van der Waals surface area contributed by atoms with Gasteiger partial charge in [0.15, 0.2) is 11.5 Å². The Balaban J connectivity index is 1.72. The molecule has 0 spiro atoms. The molecule has 0 saturated heterocycles. The number of nitrogens with zero attached hydrogens (tertiary/aromatic N) is 2. The van der Waals surface area contributed by atoms with E-state index in [1.54, 1.807) is 25.3 Å². The van der Waals surface area contributed by atoms with E-state index in [4.69, 9.17) is 9.47 Å². The third kappa shape index (κ3) is 4.39. The first-order valence-electron chi connectivity index (χ1n) is 8.71. The lowest BCUT2D eigenvalue weighted by Crippen LogP contribution is -2.11. The summed E-state index contributed by atoms with van der Waals surface area (Å²) in [5, 5.41) is 17.4. The maximum Gasteiger partial charge on any atom is 0.337 e. The molecule has 0 bridgehead atoms. The molecule has 1 fully saturated rings. The summed E-state index contributed by atoms with van der Waals surface area (Å²) in [6.45, 7) is 0.332. The van der Waals surface area contributed by atoms with Crippen molar-refractivity contribution in [2.24, 2.45) is 10.2 Å². The monoisotopic (exact) mass is 354 g/mol. The zero-order chi connectivity index (χ0) is 18.4. The van der Waals surface area contributed by atoms with Crippen molar-refractivity contribution in [3.05, 3.63) is 53.6 Å². The molecule has 6 heteroatoms. The minimum Gasteiger partial charge on any atom is -0.493 e. The highest BCUT2D eigenvalue weighted by molar-refractivity contribution is 5.93. The van der Waals surface area contributed by atoms with Crippen LogP contribution in [0.15, 0.2) is 52.7 Å². The van der Waals surface area contributed by atoms with Crippen molar-refractivity contribution in [1.29, 1.82) is 0 Å². The molecular formula is C20H22N2O4. The van der Waals surface area contributed by atoms with Crippen molar-refractivity contribution < 1.29 is 19.4 Å². The van der Waals surface area contributed by atoms with E-state index in [0.29, 0.717) is 18.0 Å². The molecule has 6 nitrogen and oxygen atoms in total. The average Bonchev–Trinajstić information content (AvgIpc) is 3.15. The summed E-state index contributed by atoms with van der Waals surface area (Å²) in [6.07, 6.45) is 4.77. The van der Waals surface area contributed by atoms with Crippen LogP contribution in [0.2, 0.25) is 0 Å². The number of aromatic carboxylic acids is 1. The Morgan fingerprint density at radius 2 is 1.92 bits per heavy atom. The fourth-order valence-electron chi connectivity index (χ4n) is 3.03. The highest BCUT2D eigenvalue weighted by Crippen LogP contribution is 2.32. The number of carbonyl (C=O) groups is 1. The Hall–Kier alpha value is -2.89. The number of methoxy groups -OCH3 is 1. The van der Waals surface area contributed by atoms with Gasteiger partial charge in [0.05, 0.1) is 31.0 Å². The second-order valence-electron chi connectivity index (χ2n) is 6.23. The Morgan fingerprint density at radius 1 is 1.15 bits per heavy atom. The van der Waals surface area contributed by atoms with Crippen LogP contribution >= 0.6 is 0 Å². The molecule has 0 aliphatic heterocycles. The Morgan fingerprint density at radius 3 is 2.65 bits per heavy atom. The largest absolute Gasteiger partial charge is 0.493 e. The van der Waals surface area contributed by atoms with Crippen LogP contribution in [-0.4, -0.2) is 24.3 Å². The highest BCUT2D eigenvalue weighted by atomic mass is 16.5. The lowest BCUT2D eigenvalue weighted by Gasteiger charge is -2.16. The highest BCUT2D eigenvalue weighted by Gasteiger charge is 2.18. The lowest BCUT2D eigenvalue weighted by molar-refractivity contribution is 0.0697. The maximum atomic E-state index is 11.2. The predicted octanol–water partition coefficient (Wildman–Crippen LogP) is 5.00. The summed E-state index contributed by atoms with van der Waals surface area (Å²) in [5.74, 6) is 0.406. The Kier molecular flexibility index (Phi) is 5.84. The summed E-state index contributed by atoms with van der Waals surface area (Å²) < 4.78 is 11.5. The second kappa shape index (κ2) is 8.47. The van der Waals surface area contributed by atoms with E-state index in [2.05, 4.69) is 10.2 Å². The minimum atomic E-state index is -1.02. The smallest absolute Gasteiger partial charge is 0.337 e. The van der Waals surface area contributed by atoms with Crippen molar-refractivity contribution >= 4 is 11.7 Å². The molecule has 0 aromatic heterocycles. The predicted molar refractivity (Wildman–Crippen MR) is 97.5 cm³/mol. The first-order chi connectivity index (χ1) is 12.7. The van der Waals surface area contributed by atoms with Gasteiger partial charge in [0.2, 0.25) is 0 Å². The number of carboxylic acids is 1. The van der Waals surface area contributed by atoms with Crippen molar-refractivity contribution in [3.8, 4) is 11.5 Å². The molecule has 1 aliphatic carbocycles. The molecule has 0 radical (unpaired) electrons. The summed E-state index contributed by atoms with van der Waals surface area (Å²) in [5.41, 5.74) is 1.41. The number of azo groups is 1.